The topological polar surface area (TPSA) is 78.7 Å². The number of fused-ring (bicyclic) bond motifs is 4. The van der Waals surface area contributed by atoms with E-state index >= 15 is 0 Å². The normalized spacial score (nSPS) is 13.2. The molecule has 0 saturated carbocycles. The maximum Gasteiger partial charge on any atom is 0.261 e. The first-order valence-corrected chi connectivity index (χ1v) is 8.77. The Hall–Kier alpha value is -3.48. The smallest absolute Gasteiger partial charge is 0.261 e. The van der Waals surface area contributed by atoms with Gasteiger partial charge in [-0.2, -0.15) is 5.10 Å². The van der Waals surface area contributed by atoms with Gasteiger partial charge in [-0.05, 0) is 49.2 Å². The minimum atomic E-state index is -0.323. The number of nitrogens with zero attached hydrogens (tertiary/aromatic N) is 4. The Kier molecular flexibility index (Phi) is 3.36. The summed E-state index contributed by atoms with van der Waals surface area (Å²) in [6.45, 7) is 0.568. The highest BCUT2D eigenvalue weighted by atomic mass is 19.1. The van der Waals surface area contributed by atoms with Gasteiger partial charge in [-0.1, -0.05) is 12.1 Å². The van der Waals surface area contributed by atoms with E-state index in [1.165, 1.54) is 12.1 Å². The van der Waals surface area contributed by atoms with E-state index in [1.54, 1.807) is 27.4 Å². The number of hydrogen-bond donors (Lipinski definition) is 1. The zero-order valence-corrected chi connectivity index (χ0v) is 14.4. The fourth-order valence-corrected chi connectivity index (χ4v) is 3.65. The third-order valence-electron chi connectivity index (χ3n) is 4.95. The molecule has 0 spiro atoms. The SMILES string of the molecule is Nc1c2c(nn1-c1ccc(F)cc1)CCCn1c-2nc2ccccc2c1=O. The van der Waals surface area contributed by atoms with Crippen molar-refractivity contribution in [1.29, 1.82) is 0 Å². The highest BCUT2D eigenvalue weighted by Gasteiger charge is 2.25. The fourth-order valence-electron chi connectivity index (χ4n) is 3.65. The molecule has 0 bridgehead atoms. The van der Waals surface area contributed by atoms with Crippen LogP contribution in [0.2, 0.25) is 0 Å². The Balaban J connectivity index is 1.80. The monoisotopic (exact) mass is 361 g/mol. The molecular weight excluding hydrogens is 345 g/mol. The van der Waals surface area contributed by atoms with Crippen molar-refractivity contribution in [1.82, 2.24) is 19.3 Å². The summed E-state index contributed by atoms with van der Waals surface area (Å²) in [5, 5.41) is 5.22. The second kappa shape index (κ2) is 5.77. The summed E-state index contributed by atoms with van der Waals surface area (Å²) in [5.74, 6) is 0.613. The average molecular weight is 361 g/mol. The number of aromatic nitrogens is 4. The first kappa shape index (κ1) is 15.7. The molecule has 0 atom stereocenters. The van der Waals surface area contributed by atoms with E-state index < -0.39 is 0 Å². The molecule has 6 nitrogen and oxygen atoms in total. The van der Waals surface area contributed by atoms with Crippen LogP contribution in [0.15, 0.2) is 53.3 Å². The molecule has 4 aromatic rings. The molecule has 0 saturated heterocycles. The Morgan fingerprint density at radius 1 is 1.07 bits per heavy atom. The number of halogens is 1. The molecule has 134 valence electrons. The first-order valence-electron chi connectivity index (χ1n) is 8.77. The first-order chi connectivity index (χ1) is 13.1. The molecule has 0 aliphatic carbocycles. The molecule has 2 aromatic carbocycles. The second-order valence-corrected chi connectivity index (χ2v) is 6.61. The van der Waals surface area contributed by atoms with Gasteiger partial charge >= 0.3 is 0 Å². The van der Waals surface area contributed by atoms with Crippen molar-refractivity contribution in [3.8, 4) is 17.1 Å². The molecule has 0 amide bonds. The lowest BCUT2D eigenvalue weighted by Crippen LogP contribution is -2.23. The molecule has 1 aliphatic heterocycles. The minimum Gasteiger partial charge on any atom is -0.383 e. The van der Waals surface area contributed by atoms with Crippen LogP contribution in [0.1, 0.15) is 12.1 Å². The zero-order chi connectivity index (χ0) is 18.5. The maximum absolute atomic E-state index is 13.3. The third-order valence-corrected chi connectivity index (χ3v) is 4.95. The van der Waals surface area contributed by atoms with Crippen molar-refractivity contribution in [3.05, 3.63) is 70.4 Å². The van der Waals surface area contributed by atoms with Crippen LogP contribution in [0.5, 0.6) is 0 Å². The molecule has 0 radical (unpaired) electrons. The van der Waals surface area contributed by atoms with Gasteiger partial charge in [0.2, 0.25) is 0 Å². The molecule has 0 unspecified atom stereocenters. The van der Waals surface area contributed by atoms with Crippen molar-refractivity contribution < 1.29 is 4.39 Å². The maximum atomic E-state index is 13.3. The van der Waals surface area contributed by atoms with E-state index in [2.05, 4.69) is 5.10 Å². The van der Waals surface area contributed by atoms with Gasteiger partial charge in [0, 0.05) is 6.54 Å². The third kappa shape index (κ3) is 2.35. The standard InChI is InChI=1S/C20H16FN5O/c21-12-7-9-13(10-8-12)26-18(22)17-16(24-26)6-3-11-25-19(17)23-15-5-2-1-4-14(15)20(25)27/h1-2,4-5,7-10H,3,6,11,22H2. The molecular formula is C20H16FN5O. The zero-order valence-electron chi connectivity index (χ0n) is 14.4. The van der Waals surface area contributed by atoms with E-state index in [0.29, 0.717) is 46.8 Å². The summed E-state index contributed by atoms with van der Waals surface area (Å²) in [6, 6.07) is 13.3. The van der Waals surface area contributed by atoms with Gasteiger partial charge in [0.1, 0.15) is 17.5 Å². The highest BCUT2D eigenvalue weighted by molar-refractivity contribution is 5.82. The number of anilines is 1. The van der Waals surface area contributed by atoms with Gasteiger partial charge in [0.05, 0.1) is 27.8 Å². The van der Waals surface area contributed by atoms with Gasteiger partial charge in [-0.3, -0.25) is 9.36 Å². The quantitative estimate of drug-likeness (QED) is 0.565. The average Bonchev–Trinajstić information content (AvgIpc) is 2.89. The summed E-state index contributed by atoms with van der Waals surface area (Å²) >= 11 is 0. The summed E-state index contributed by atoms with van der Waals surface area (Å²) in [5.41, 5.74) is 9.13. The van der Waals surface area contributed by atoms with Crippen molar-refractivity contribution in [2.24, 2.45) is 0 Å². The Bertz CT molecular complexity index is 1240. The molecule has 0 fully saturated rings. The number of benzene rings is 2. The Labute approximate surface area is 153 Å². The predicted octanol–water partition coefficient (Wildman–Crippen LogP) is 2.92. The van der Waals surface area contributed by atoms with Gasteiger partial charge in [0.25, 0.3) is 5.56 Å². The van der Waals surface area contributed by atoms with Crippen LogP contribution in [0.25, 0.3) is 28.0 Å². The van der Waals surface area contributed by atoms with Crippen LogP contribution in [0, 0.1) is 5.82 Å². The summed E-state index contributed by atoms with van der Waals surface area (Å²) in [4.78, 5) is 17.7. The molecule has 5 rings (SSSR count). The molecule has 1 aliphatic rings. The van der Waals surface area contributed by atoms with Gasteiger partial charge in [-0.25, -0.2) is 14.1 Å². The van der Waals surface area contributed by atoms with Crippen LogP contribution in [0.4, 0.5) is 10.2 Å². The van der Waals surface area contributed by atoms with Crippen LogP contribution in [-0.2, 0) is 13.0 Å². The number of aryl methyl sites for hydroxylation is 1. The van der Waals surface area contributed by atoms with Crippen LogP contribution in [-0.4, -0.2) is 19.3 Å². The molecule has 2 aromatic heterocycles. The van der Waals surface area contributed by atoms with Crippen LogP contribution < -0.4 is 11.3 Å². The van der Waals surface area contributed by atoms with Crippen LogP contribution in [0.3, 0.4) is 0 Å². The molecule has 27 heavy (non-hydrogen) atoms. The number of hydrogen-bond acceptors (Lipinski definition) is 4. The second-order valence-electron chi connectivity index (χ2n) is 6.61. The molecule has 7 heteroatoms. The largest absolute Gasteiger partial charge is 0.383 e. The summed E-state index contributed by atoms with van der Waals surface area (Å²) in [7, 11) is 0. The Morgan fingerprint density at radius 3 is 2.67 bits per heavy atom. The Morgan fingerprint density at radius 2 is 1.85 bits per heavy atom. The highest BCUT2D eigenvalue weighted by Crippen LogP contribution is 2.33. The number of rotatable bonds is 1. The van der Waals surface area contributed by atoms with Gasteiger partial charge in [-0.15, -0.1) is 0 Å². The number of nitrogens with two attached hydrogens (primary N) is 1. The van der Waals surface area contributed by atoms with E-state index in [4.69, 9.17) is 10.7 Å². The van der Waals surface area contributed by atoms with E-state index in [0.717, 1.165) is 12.1 Å². The van der Waals surface area contributed by atoms with Crippen molar-refractivity contribution in [2.75, 3.05) is 5.73 Å². The van der Waals surface area contributed by atoms with Crippen molar-refractivity contribution in [3.63, 3.8) is 0 Å². The lowest BCUT2D eigenvalue weighted by Gasteiger charge is -2.11. The van der Waals surface area contributed by atoms with E-state index in [-0.39, 0.29) is 11.4 Å². The summed E-state index contributed by atoms with van der Waals surface area (Å²) in [6.07, 6.45) is 1.45. The number of nitrogen functional groups attached to an aromatic ring is 1. The minimum absolute atomic E-state index is 0.0719. The molecule has 3 heterocycles. The predicted molar refractivity (Wildman–Crippen MR) is 101 cm³/mol. The van der Waals surface area contributed by atoms with Gasteiger partial charge in [0.15, 0.2) is 0 Å². The van der Waals surface area contributed by atoms with E-state index in [1.807, 2.05) is 18.2 Å². The lowest BCUT2D eigenvalue weighted by molar-refractivity contribution is 0.625. The van der Waals surface area contributed by atoms with E-state index in [9.17, 15) is 9.18 Å². The van der Waals surface area contributed by atoms with Gasteiger partial charge < -0.3 is 5.73 Å². The van der Waals surface area contributed by atoms with Crippen LogP contribution >= 0.6 is 0 Å². The fraction of sp³-hybridized carbons (Fsp3) is 0.150. The summed E-state index contributed by atoms with van der Waals surface area (Å²) < 4.78 is 16.5. The lowest BCUT2D eigenvalue weighted by atomic mass is 10.1. The molecule has 2 N–H and O–H groups in total. The van der Waals surface area contributed by atoms with Crippen molar-refractivity contribution >= 4 is 16.7 Å². The number of para-hydroxylation sites is 1. The van der Waals surface area contributed by atoms with Crippen molar-refractivity contribution in [2.45, 2.75) is 19.4 Å².